The van der Waals surface area contributed by atoms with Gasteiger partial charge in [0, 0.05) is 17.7 Å². The Kier molecular flexibility index (Phi) is 5.21. The molecule has 23 heavy (non-hydrogen) atoms. The van der Waals surface area contributed by atoms with E-state index in [0.717, 1.165) is 11.1 Å². The van der Waals surface area contributed by atoms with Gasteiger partial charge in [0.15, 0.2) is 0 Å². The molecule has 118 valence electrons. The highest BCUT2D eigenvalue weighted by atomic mass is 16.5. The number of hydrogen-bond donors (Lipinski definition) is 1. The van der Waals surface area contributed by atoms with E-state index in [0.29, 0.717) is 29.2 Å². The molecular weight excluding hydrogens is 292 g/mol. The van der Waals surface area contributed by atoms with Crippen LogP contribution in [0.1, 0.15) is 27.0 Å². The number of methoxy groups -OCH3 is 2. The number of carbonyl (C=O) groups is 1. The normalized spacial score (nSPS) is 9.83. The quantitative estimate of drug-likeness (QED) is 0.922. The molecule has 0 saturated heterocycles. The Labute approximate surface area is 135 Å². The Morgan fingerprint density at radius 3 is 2.39 bits per heavy atom. The Morgan fingerprint density at radius 2 is 1.83 bits per heavy atom. The zero-order chi connectivity index (χ0) is 16.8. The Morgan fingerprint density at radius 1 is 1.17 bits per heavy atom. The smallest absolute Gasteiger partial charge is 0.251 e. The van der Waals surface area contributed by atoms with E-state index in [1.54, 1.807) is 44.6 Å². The molecule has 1 amide bonds. The standard InChI is InChI=1S/C18H18N2O3/c1-12-16(22-2)8-15(9-17(12)23-3)18(21)20-11-14-6-4-5-13(7-14)10-19/h4-9H,11H2,1-3H3,(H,20,21). The van der Waals surface area contributed by atoms with Gasteiger partial charge in [0.2, 0.25) is 0 Å². The number of benzene rings is 2. The van der Waals surface area contributed by atoms with Crippen LogP contribution in [0.25, 0.3) is 0 Å². The zero-order valence-corrected chi connectivity index (χ0v) is 13.3. The van der Waals surface area contributed by atoms with Gasteiger partial charge in [0.05, 0.1) is 25.9 Å². The molecule has 0 bridgehead atoms. The minimum absolute atomic E-state index is 0.232. The van der Waals surface area contributed by atoms with Gasteiger partial charge in [-0.1, -0.05) is 12.1 Å². The first-order valence-corrected chi connectivity index (χ1v) is 7.09. The second kappa shape index (κ2) is 7.32. The first kappa shape index (κ1) is 16.4. The lowest BCUT2D eigenvalue weighted by molar-refractivity contribution is 0.0950. The van der Waals surface area contributed by atoms with E-state index in [2.05, 4.69) is 11.4 Å². The van der Waals surface area contributed by atoms with Gasteiger partial charge in [-0.05, 0) is 36.8 Å². The molecule has 1 N–H and O–H groups in total. The van der Waals surface area contributed by atoms with E-state index >= 15 is 0 Å². The van der Waals surface area contributed by atoms with Crippen LogP contribution in [0.4, 0.5) is 0 Å². The number of nitriles is 1. The summed E-state index contributed by atoms with van der Waals surface area (Å²) < 4.78 is 10.6. The van der Waals surface area contributed by atoms with Crippen LogP contribution in [0.3, 0.4) is 0 Å². The number of rotatable bonds is 5. The van der Waals surface area contributed by atoms with Crippen molar-refractivity contribution in [3.63, 3.8) is 0 Å². The zero-order valence-electron chi connectivity index (χ0n) is 13.3. The molecule has 0 unspecified atom stereocenters. The van der Waals surface area contributed by atoms with Gasteiger partial charge in [-0.2, -0.15) is 5.26 Å². The average Bonchev–Trinajstić information content (AvgIpc) is 2.60. The van der Waals surface area contributed by atoms with Crippen molar-refractivity contribution in [1.82, 2.24) is 5.32 Å². The summed E-state index contributed by atoms with van der Waals surface area (Å²) in [5.74, 6) is 0.964. The number of ether oxygens (including phenoxy) is 2. The largest absolute Gasteiger partial charge is 0.496 e. The number of nitrogens with one attached hydrogen (secondary N) is 1. The highest BCUT2D eigenvalue weighted by molar-refractivity contribution is 5.95. The van der Waals surface area contributed by atoms with E-state index in [1.807, 2.05) is 13.0 Å². The van der Waals surface area contributed by atoms with Crippen LogP contribution in [-0.4, -0.2) is 20.1 Å². The molecule has 0 atom stereocenters. The summed E-state index contributed by atoms with van der Waals surface area (Å²) in [4.78, 5) is 12.3. The SMILES string of the molecule is COc1cc(C(=O)NCc2cccc(C#N)c2)cc(OC)c1C. The molecule has 2 rings (SSSR count). The van der Waals surface area contributed by atoms with Crippen molar-refractivity contribution in [2.45, 2.75) is 13.5 Å². The summed E-state index contributed by atoms with van der Waals surface area (Å²) >= 11 is 0. The second-order valence-corrected chi connectivity index (χ2v) is 5.00. The third-order valence-electron chi connectivity index (χ3n) is 3.52. The lowest BCUT2D eigenvalue weighted by atomic mass is 10.1. The summed E-state index contributed by atoms with van der Waals surface area (Å²) in [6.45, 7) is 2.21. The van der Waals surface area contributed by atoms with E-state index in [1.165, 1.54) is 0 Å². The Balaban J connectivity index is 2.16. The lowest BCUT2D eigenvalue weighted by Crippen LogP contribution is -2.23. The fourth-order valence-electron chi connectivity index (χ4n) is 2.25. The molecule has 0 aromatic heterocycles. The number of hydrogen-bond acceptors (Lipinski definition) is 4. The van der Waals surface area contributed by atoms with Crippen LogP contribution >= 0.6 is 0 Å². The molecule has 0 heterocycles. The third kappa shape index (κ3) is 3.80. The van der Waals surface area contributed by atoms with Crippen LogP contribution in [0, 0.1) is 18.3 Å². The average molecular weight is 310 g/mol. The molecule has 2 aromatic rings. The summed E-state index contributed by atoms with van der Waals surface area (Å²) in [6, 6.07) is 12.6. The molecular formula is C18H18N2O3. The van der Waals surface area contributed by atoms with Crippen LogP contribution in [0.15, 0.2) is 36.4 Å². The van der Waals surface area contributed by atoms with Crippen molar-refractivity contribution in [3.05, 3.63) is 58.7 Å². The predicted molar refractivity (Wildman–Crippen MR) is 86.6 cm³/mol. The highest BCUT2D eigenvalue weighted by Crippen LogP contribution is 2.29. The summed E-state index contributed by atoms with van der Waals surface area (Å²) in [5, 5.41) is 11.7. The molecule has 0 spiro atoms. The van der Waals surface area contributed by atoms with Gasteiger partial charge >= 0.3 is 0 Å². The molecule has 5 nitrogen and oxygen atoms in total. The molecule has 0 aliphatic carbocycles. The van der Waals surface area contributed by atoms with Gasteiger partial charge in [0.1, 0.15) is 11.5 Å². The first-order chi connectivity index (χ1) is 11.1. The molecule has 5 heteroatoms. The van der Waals surface area contributed by atoms with Crippen molar-refractivity contribution >= 4 is 5.91 Å². The highest BCUT2D eigenvalue weighted by Gasteiger charge is 2.13. The number of amides is 1. The number of carbonyl (C=O) groups excluding carboxylic acids is 1. The molecule has 0 radical (unpaired) electrons. The minimum Gasteiger partial charge on any atom is -0.496 e. The summed E-state index contributed by atoms with van der Waals surface area (Å²) in [6.07, 6.45) is 0. The van der Waals surface area contributed by atoms with E-state index in [9.17, 15) is 4.79 Å². The van der Waals surface area contributed by atoms with Gasteiger partial charge in [-0.25, -0.2) is 0 Å². The van der Waals surface area contributed by atoms with Crippen LogP contribution in [-0.2, 0) is 6.54 Å². The topological polar surface area (TPSA) is 71.3 Å². The monoisotopic (exact) mass is 310 g/mol. The Hall–Kier alpha value is -3.00. The molecule has 2 aromatic carbocycles. The van der Waals surface area contributed by atoms with E-state index in [-0.39, 0.29) is 5.91 Å². The molecule has 0 aliphatic heterocycles. The van der Waals surface area contributed by atoms with Gasteiger partial charge < -0.3 is 14.8 Å². The fourth-order valence-corrected chi connectivity index (χ4v) is 2.25. The van der Waals surface area contributed by atoms with E-state index in [4.69, 9.17) is 14.7 Å². The Bertz CT molecular complexity index is 738. The van der Waals surface area contributed by atoms with Crippen LogP contribution in [0.5, 0.6) is 11.5 Å². The molecule has 0 fully saturated rings. The summed E-state index contributed by atoms with van der Waals surface area (Å²) in [7, 11) is 3.10. The molecule has 0 aliphatic rings. The maximum Gasteiger partial charge on any atom is 0.251 e. The van der Waals surface area contributed by atoms with Crippen LogP contribution < -0.4 is 14.8 Å². The summed E-state index contributed by atoms with van der Waals surface area (Å²) in [5.41, 5.74) is 2.73. The lowest BCUT2D eigenvalue weighted by Gasteiger charge is -2.12. The second-order valence-electron chi connectivity index (χ2n) is 5.00. The van der Waals surface area contributed by atoms with E-state index < -0.39 is 0 Å². The minimum atomic E-state index is -0.232. The van der Waals surface area contributed by atoms with Crippen molar-refractivity contribution in [2.24, 2.45) is 0 Å². The van der Waals surface area contributed by atoms with Gasteiger partial charge in [-0.15, -0.1) is 0 Å². The van der Waals surface area contributed by atoms with Gasteiger partial charge in [-0.3, -0.25) is 4.79 Å². The number of nitrogens with zero attached hydrogens (tertiary/aromatic N) is 1. The van der Waals surface area contributed by atoms with Crippen LogP contribution in [0.2, 0.25) is 0 Å². The van der Waals surface area contributed by atoms with Crippen molar-refractivity contribution in [2.75, 3.05) is 14.2 Å². The van der Waals surface area contributed by atoms with Crippen molar-refractivity contribution in [1.29, 1.82) is 5.26 Å². The predicted octanol–water partition coefficient (Wildman–Crippen LogP) is 2.81. The van der Waals surface area contributed by atoms with Crippen molar-refractivity contribution < 1.29 is 14.3 Å². The van der Waals surface area contributed by atoms with Gasteiger partial charge in [0.25, 0.3) is 5.91 Å². The third-order valence-corrected chi connectivity index (χ3v) is 3.52. The fraction of sp³-hybridized carbons (Fsp3) is 0.222. The first-order valence-electron chi connectivity index (χ1n) is 7.09. The maximum atomic E-state index is 12.3. The molecule has 0 saturated carbocycles. The maximum absolute atomic E-state index is 12.3. The van der Waals surface area contributed by atoms with Crippen molar-refractivity contribution in [3.8, 4) is 17.6 Å².